The number of carbonyl (C=O) groups excluding carboxylic acids is 1. The lowest BCUT2D eigenvalue weighted by molar-refractivity contribution is -0.121. The van der Waals surface area contributed by atoms with E-state index in [1.807, 2.05) is 11.8 Å². The molecule has 2 N–H and O–H groups in total. The molecule has 0 aromatic heterocycles. The van der Waals surface area contributed by atoms with Crippen LogP contribution in [0, 0.1) is 5.92 Å². The highest BCUT2D eigenvalue weighted by molar-refractivity contribution is 7.99. The Morgan fingerprint density at radius 3 is 3.00 bits per heavy atom. The minimum absolute atomic E-state index is 0.227. The van der Waals surface area contributed by atoms with Gasteiger partial charge in [0.1, 0.15) is 0 Å². The molecule has 2 saturated heterocycles. The summed E-state index contributed by atoms with van der Waals surface area (Å²) in [6.07, 6.45) is 4.69. The lowest BCUT2D eigenvalue weighted by atomic mass is 10.1. The van der Waals surface area contributed by atoms with Crippen molar-refractivity contribution in [2.75, 3.05) is 37.7 Å². The van der Waals surface area contributed by atoms with Crippen LogP contribution in [-0.2, 0) is 4.79 Å². The van der Waals surface area contributed by atoms with Crippen LogP contribution in [0.5, 0.6) is 0 Å². The Morgan fingerprint density at radius 1 is 1.37 bits per heavy atom. The van der Waals surface area contributed by atoms with Gasteiger partial charge in [-0.25, -0.2) is 0 Å². The molecule has 3 fully saturated rings. The summed E-state index contributed by atoms with van der Waals surface area (Å²) in [7, 11) is 0. The van der Waals surface area contributed by atoms with E-state index in [0.717, 1.165) is 24.9 Å². The Morgan fingerprint density at radius 2 is 2.26 bits per heavy atom. The second kappa shape index (κ2) is 6.46. The molecular weight excluding hydrogens is 258 g/mol. The number of hydrogen-bond donors (Lipinski definition) is 2. The molecule has 1 amide bonds. The molecule has 2 unspecified atom stereocenters. The van der Waals surface area contributed by atoms with Gasteiger partial charge in [-0.15, -0.1) is 0 Å². The van der Waals surface area contributed by atoms with Crippen LogP contribution in [0.1, 0.15) is 25.7 Å². The second-order valence-corrected chi connectivity index (χ2v) is 7.26. The van der Waals surface area contributed by atoms with Gasteiger partial charge >= 0.3 is 0 Å². The van der Waals surface area contributed by atoms with Crippen molar-refractivity contribution >= 4 is 17.7 Å². The molecule has 0 aromatic rings. The lowest BCUT2D eigenvalue weighted by Crippen LogP contribution is -2.42. The SMILES string of the molecule is O=C(CC1CSCCN1)NCC1CCN(C2CC2)C1. The fourth-order valence-corrected chi connectivity index (χ4v) is 4.05. The van der Waals surface area contributed by atoms with E-state index < -0.39 is 0 Å². The molecule has 1 aliphatic carbocycles. The zero-order valence-electron chi connectivity index (χ0n) is 11.6. The van der Waals surface area contributed by atoms with E-state index in [1.54, 1.807) is 0 Å². The van der Waals surface area contributed by atoms with Crippen molar-refractivity contribution in [3.8, 4) is 0 Å². The van der Waals surface area contributed by atoms with Crippen LogP contribution in [0.3, 0.4) is 0 Å². The summed E-state index contributed by atoms with van der Waals surface area (Å²) in [5.41, 5.74) is 0. The van der Waals surface area contributed by atoms with Crippen LogP contribution in [-0.4, -0.2) is 60.6 Å². The molecule has 0 bridgehead atoms. The van der Waals surface area contributed by atoms with Crippen LogP contribution < -0.4 is 10.6 Å². The summed E-state index contributed by atoms with van der Waals surface area (Å²) in [5, 5.41) is 6.56. The van der Waals surface area contributed by atoms with Crippen LogP contribution >= 0.6 is 11.8 Å². The van der Waals surface area contributed by atoms with Crippen molar-refractivity contribution in [3.63, 3.8) is 0 Å². The molecule has 2 atom stereocenters. The molecule has 0 radical (unpaired) electrons. The molecule has 0 spiro atoms. The molecule has 108 valence electrons. The average Bonchev–Trinajstić information content (AvgIpc) is 3.17. The summed E-state index contributed by atoms with van der Waals surface area (Å²) in [5.74, 6) is 3.16. The van der Waals surface area contributed by atoms with Crippen molar-refractivity contribution in [2.45, 2.75) is 37.8 Å². The smallest absolute Gasteiger partial charge is 0.221 e. The predicted octanol–water partition coefficient (Wildman–Crippen LogP) is 0.682. The first kappa shape index (κ1) is 13.7. The summed E-state index contributed by atoms with van der Waals surface area (Å²) in [6.45, 7) is 4.36. The average molecular weight is 283 g/mol. The van der Waals surface area contributed by atoms with Gasteiger partial charge in [-0.05, 0) is 31.7 Å². The van der Waals surface area contributed by atoms with Crippen LogP contribution in [0.2, 0.25) is 0 Å². The molecule has 0 aromatic carbocycles. The highest BCUT2D eigenvalue weighted by atomic mass is 32.2. The fraction of sp³-hybridized carbons (Fsp3) is 0.929. The minimum Gasteiger partial charge on any atom is -0.356 e. The Labute approximate surface area is 120 Å². The fourth-order valence-electron chi connectivity index (χ4n) is 3.11. The number of hydrogen-bond acceptors (Lipinski definition) is 4. The standard InChI is InChI=1S/C14H25N3OS/c18-14(7-12-10-19-6-4-15-12)16-8-11-3-5-17(9-11)13-1-2-13/h11-13,15H,1-10H2,(H,16,18). The molecule has 2 aliphatic heterocycles. The zero-order chi connectivity index (χ0) is 13.1. The van der Waals surface area contributed by atoms with Gasteiger partial charge < -0.3 is 15.5 Å². The Kier molecular flexibility index (Phi) is 4.66. The molecule has 2 heterocycles. The van der Waals surface area contributed by atoms with E-state index in [4.69, 9.17) is 0 Å². The van der Waals surface area contributed by atoms with Gasteiger partial charge in [-0.1, -0.05) is 0 Å². The van der Waals surface area contributed by atoms with Gasteiger partial charge in [0.2, 0.25) is 5.91 Å². The number of rotatable bonds is 5. The maximum Gasteiger partial charge on any atom is 0.221 e. The summed E-state index contributed by atoms with van der Waals surface area (Å²) < 4.78 is 0. The minimum atomic E-state index is 0.227. The molecule has 3 rings (SSSR count). The van der Waals surface area contributed by atoms with E-state index in [0.29, 0.717) is 18.4 Å². The molecule has 4 nitrogen and oxygen atoms in total. The third-order valence-electron chi connectivity index (χ3n) is 4.40. The number of carbonyl (C=O) groups is 1. The molecule has 3 aliphatic rings. The lowest BCUT2D eigenvalue weighted by Gasteiger charge is -2.23. The summed E-state index contributed by atoms with van der Waals surface area (Å²) >= 11 is 1.95. The van der Waals surface area contributed by atoms with Gasteiger partial charge in [0.05, 0.1) is 0 Å². The summed E-state index contributed by atoms with van der Waals surface area (Å²) in [4.78, 5) is 14.5. The maximum absolute atomic E-state index is 11.9. The van der Waals surface area contributed by atoms with Crippen LogP contribution in [0.15, 0.2) is 0 Å². The number of amides is 1. The Balaban J connectivity index is 1.31. The van der Waals surface area contributed by atoms with E-state index in [9.17, 15) is 4.79 Å². The second-order valence-electron chi connectivity index (χ2n) is 6.11. The van der Waals surface area contributed by atoms with Gasteiger partial charge in [-0.3, -0.25) is 4.79 Å². The van der Waals surface area contributed by atoms with E-state index in [2.05, 4.69) is 15.5 Å². The number of nitrogens with one attached hydrogen (secondary N) is 2. The molecule has 19 heavy (non-hydrogen) atoms. The van der Waals surface area contributed by atoms with E-state index >= 15 is 0 Å². The van der Waals surface area contributed by atoms with Crippen molar-refractivity contribution in [1.82, 2.24) is 15.5 Å². The van der Waals surface area contributed by atoms with Gasteiger partial charge in [-0.2, -0.15) is 11.8 Å². The third kappa shape index (κ3) is 4.10. The monoisotopic (exact) mass is 283 g/mol. The first-order valence-corrected chi connectivity index (χ1v) is 8.78. The third-order valence-corrected chi connectivity index (χ3v) is 5.53. The largest absolute Gasteiger partial charge is 0.356 e. The highest BCUT2D eigenvalue weighted by Crippen LogP contribution is 2.31. The van der Waals surface area contributed by atoms with E-state index in [1.165, 1.54) is 38.1 Å². The Hall–Kier alpha value is -0.260. The highest BCUT2D eigenvalue weighted by Gasteiger charge is 2.34. The first-order chi connectivity index (χ1) is 9.31. The number of thioether (sulfide) groups is 1. The normalized spacial score (nSPS) is 32.4. The number of nitrogens with zero attached hydrogens (tertiary/aromatic N) is 1. The first-order valence-electron chi connectivity index (χ1n) is 7.63. The predicted molar refractivity (Wildman–Crippen MR) is 79.4 cm³/mol. The van der Waals surface area contributed by atoms with Crippen molar-refractivity contribution in [1.29, 1.82) is 0 Å². The van der Waals surface area contributed by atoms with E-state index in [-0.39, 0.29) is 5.91 Å². The Bertz CT molecular complexity index is 316. The number of likely N-dealkylation sites (tertiary alicyclic amines) is 1. The summed E-state index contributed by atoms with van der Waals surface area (Å²) in [6, 6.07) is 1.26. The van der Waals surface area contributed by atoms with Gasteiger partial charge in [0.15, 0.2) is 0 Å². The van der Waals surface area contributed by atoms with Crippen molar-refractivity contribution < 1.29 is 4.79 Å². The van der Waals surface area contributed by atoms with Crippen molar-refractivity contribution in [2.24, 2.45) is 5.92 Å². The van der Waals surface area contributed by atoms with Gasteiger partial charge in [0.25, 0.3) is 0 Å². The van der Waals surface area contributed by atoms with Gasteiger partial charge in [0, 0.05) is 49.6 Å². The van der Waals surface area contributed by atoms with Crippen LogP contribution in [0.25, 0.3) is 0 Å². The molecular formula is C14H25N3OS. The van der Waals surface area contributed by atoms with Crippen molar-refractivity contribution in [3.05, 3.63) is 0 Å². The molecule has 1 saturated carbocycles. The quantitative estimate of drug-likeness (QED) is 0.779. The topological polar surface area (TPSA) is 44.4 Å². The van der Waals surface area contributed by atoms with Crippen LogP contribution in [0.4, 0.5) is 0 Å². The maximum atomic E-state index is 11.9. The zero-order valence-corrected chi connectivity index (χ0v) is 12.4. The molecule has 5 heteroatoms.